The number of amides is 3. The zero-order valence-corrected chi connectivity index (χ0v) is 68.1. The second-order valence-corrected chi connectivity index (χ2v) is 28.4. The SMILES string of the molecule is C=Cc1ccccc1.CC#N.CC(=O)Nc1cc2c3c(n1)C(c1ccccc1)CCN3CCC2c1ccccc1.CC(=O)Nc1ccc(N)cn1.CCO.COC(=O)Cl.COC(=O)Nc1cc2c3c(n1)C(c1ccccc1)CCN3CCC2c1ccccc1.Cl.Nc1cc2c3c(n1)C(c1ccccc1)CCN3CCC2c1ccccc1. The normalized spacial score (nSPS) is 16.9. The van der Waals surface area contributed by atoms with E-state index in [9.17, 15) is 19.2 Å². The van der Waals surface area contributed by atoms with Crippen LogP contribution in [0, 0.1) is 11.3 Å². The standard InChI is InChI=1S/C25H25N3O2.C25H25N3O.C23H23N3.C8H8.C7H9N3O.C2H3ClO2.C2H3N.C2H6O.ClH/c1-30-25(29)27-22-16-21-19(17-8-4-2-5-9-17)12-14-28-15-13-20(23(26-22)24(21)28)18-10-6-3-7-11-18;1-17(29)26-23-16-22-20(18-8-4-2-5-9-18)12-14-28-15-13-21(24(27-23)25(22)28)19-10-6-3-7-11-19;24-21-15-20-18(16-7-3-1-4-8-16)11-13-26-14-12-19(22(25-21)23(20)26)17-9-5-2-6-10-17;1-2-8-6-4-3-5-7-8;1-5(11)10-7-3-2-6(8)4-9-7;1-5-2(3)4;2*1-2-3;/h2-11,16,19-20H,12-15H2,1H3,(H,26,27,29);2-11,16,20-21H,12-15H2,1H3,(H,26,27,29);1-10,15,18-19H,11-14H2,(H2,24,25);2-7H,1H2;2-4H,8H2,1H3,(H,9,10,11);1H3;1H3;3H,2H2,1H3;1H. The van der Waals surface area contributed by atoms with E-state index in [2.05, 4.69) is 247 Å². The van der Waals surface area contributed by atoms with Crippen molar-refractivity contribution in [3.8, 4) is 6.07 Å². The van der Waals surface area contributed by atoms with Crippen LogP contribution in [0.4, 0.5) is 55.6 Å². The first kappa shape index (κ1) is 87.6. The summed E-state index contributed by atoms with van der Waals surface area (Å²) in [5.74, 6) is 3.98. The van der Waals surface area contributed by atoms with Crippen LogP contribution in [0.2, 0.25) is 0 Å². The van der Waals surface area contributed by atoms with Crippen molar-refractivity contribution >= 4 is 99.4 Å². The molecule has 3 amide bonds. The Morgan fingerprint density at radius 1 is 0.483 bits per heavy atom. The highest BCUT2D eigenvalue weighted by atomic mass is 35.5. The van der Waals surface area contributed by atoms with Crippen molar-refractivity contribution in [2.75, 3.05) is 102 Å². The number of halogens is 2. The summed E-state index contributed by atoms with van der Waals surface area (Å²) in [6.07, 6.45) is 9.25. The predicted octanol–water partition coefficient (Wildman–Crippen LogP) is 19.5. The Bertz CT molecular complexity index is 4790. The number of ether oxygens (including phenoxy) is 2. The van der Waals surface area contributed by atoms with Gasteiger partial charge in [0.2, 0.25) is 11.8 Å². The van der Waals surface area contributed by atoms with Crippen LogP contribution in [-0.2, 0) is 19.1 Å². The molecule has 7 aromatic carbocycles. The highest BCUT2D eigenvalue weighted by molar-refractivity contribution is 6.61. The molecule has 0 aliphatic carbocycles. The summed E-state index contributed by atoms with van der Waals surface area (Å²) in [4.78, 5) is 69.7. The number of rotatable bonds is 10. The van der Waals surface area contributed by atoms with Crippen LogP contribution in [0.15, 0.2) is 255 Å². The summed E-state index contributed by atoms with van der Waals surface area (Å²) in [5.41, 5.74) is 31.6. The second kappa shape index (κ2) is 44.3. The van der Waals surface area contributed by atoms with Crippen molar-refractivity contribution in [1.82, 2.24) is 19.9 Å². The molecule has 0 saturated heterocycles. The second-order valence-electron chi connectivity index (χ2n) is 28.1. The van der Waals surface area contributed by atoms with E-state index in [-0.39, 0.29) is 48.6 Å². The summed E-state index contributed by atoms with van der Waals surface area (Å²) in [5, 5.41) is 23.2. The van der Waals surface area contributed by atoms with Crippen LogP contribution in [0.3, 0.4) is 0 Å². The first-order chi connectivity index (χ1) is 56.0. The van der Waals surface area contributed by atoms with Gasteiger partial charge in [-0.15, -0.1) is 12.4 Å². The molecule has 0 fully saturated rings. The smallest absolute Gasteiger partial charge is 0.412 e. The fourth-order valence-electron chi connectivity index (χ4n) is 15.7. The Kier molecular flexibility index (Phi) is 33.4. The van der Waals surface area contributed by atoms with Crippen LogP contribution in [0.5, 0.6) is 0 Å². The van der Waals surface area contributed by atoms with Gasteiger partial charge in [-0.05, 0) is 131 Å². The van der Waals surface area contributed by atoms with E-state index < -0.39 is 11.5 Å². The number of anilines is 8. The number of hydrogen-bond donors (Lipinski definition) is 6. The van der Waals surface area contributed by atoms with Crippen molar-refractivity contribution in [3.63, 3.8) is 0 Å². The molecule has 22 heteroatoms. The number of carbonyl (C=O) groups excluding carboxylic acids is 4. The highest BCUT2D eigenvalue weighted by Gasteiger charge is 2.40. The number of nitrogen functional groups attached to an aromatic ring is 2. The maximum Gasteiger partial charge on any atom is 0.412 e. The number of nitrogens with zero attached hydrogens (tertiary/aromatic N) is 8. The number of nitrogens with two attached hydrogens (primary N) is 2. The van der Waals surface area contributed by atoms with E-state index in [0.717, 1.165) is 94.9 Å². The summed E-state index contributed by atoms with van der Waals surface area (Å²) in [7, 11) is 2.59. The lowest BCUT2D eigenvalue weighted by molar-refractivity contribution is -0.115. The van der Waals surface area contributed by atoms with Crippen molar-refractivity contribution < 1.29 is 33.8 Å². The maximum absolute atomic E-state index is 11.9. The minimum Gasteiger partial charge on any atom is -0.457 e. The third-order valence-corrected chi connectivity index (χ3v) is 20.7. The monoisotopic (exact) mass is 1600 g/mol. The molecule has 10 heterocycles. The van der Waals surface area contributed by atoms with Gasteiger partial charge < -0.3 is 51.4 Å². The molecular formula is C94H103Cl2N13O7. The van der Waals surface area contributed by atoms with Gasteiger partial charge in [0.05, 0.1) is 66.3 Å². The molecule has 4 aromatic heterocycles. The molecule has 11 aromatic rings. The zero-order chi connectivity index (χ0) is 81.6. The summed E-state index contributed by atoms with van der Waals surface area (Å²) < 4.78 is 8.71. The minimum atomic E-state index is -0.773. The van der Waals surface area contributed by atoms with Gasteiger partial charge in [0.25, 0.3) is 0 Å². The fraction of sp³-hybridized carbons (Fsp3) is 0.266. The maximum atomic E-state index is 11.9. The molecular weight excluding hydrogens is 1490 g/mol. The summed E-state index contributed by atoms with van der Waals surface area (Å²) in [6, 6.07) is 85.4. The highest BCUT2D eigenvalue weighted by Crippen LogP contribution is 2.52. The number of aliphatic hydroxyl groups is 1. The van der Waals surface area contributed by atoms with Crippen molar-refractivity contribution in [2.24, 2.45) is 0 Å². The molecule has 17 rings (SSSR count). The number of pyridine rings is 4. The van der Waals surface area contributed by atoms with Gasteiger partial charge in [-0.1, -0.05) is 225 Å². The van der Waals surface area contributed by atoms with Crippen LogP contribution in [-0.4, -0.2) is 108 Å². The van der Waals surface area contributed by atoms with E-state index in [1.54, 1.807) is 32.0 Å². The Morgan fingerprint density at radius 2 is 0.767 bits per heavy atom. The van der Waals surface area contributed by atoms with Gasteiger partial charge in [0.15, 0.2) is 0 Å². The molecule has 8 N–H and O–H groups in total. The van der Waals surface area contributed by atoms with Gasteiger partial charge in [-0.3, -0.25) is 14.9 Å². The van der Waals surface area contributed by atoms with Crippen molar-refractivity contribution in [3.05, 3.63) is 328 Å². The summed E-state index contributed by atoms with van der Waals surface area (Å²) in [6.45, 7) is 16.3. The van der Waals surface area contributed by atoms with Crippen LogP contribution in [0.25, 0.3) is 6.08 Å². The molecule has 6 unspecified atom stereocenters. The first-order valence-corrected chi connectivity index (χ1v) is 39.2. The van der Waals surface area contributed by atoms with E-state index in [1.807, 2.05) is 48.5 Å². The van der Waals surface area contributed by atoms with Crippen LogP contribution < -0.4 is 42.1 Å². The minimum absolute atomic E-state index is 0. The number of nitriles is 1. The predicted molar refractivity (Wildman–Crippen MR) is 471 cm³/mol. The molecule has 20 nitrogen and oxygen atoms in total. The number of hydrogen-bond acceptors (Lipinski definition) is 17. The number of carbonyl (C=O) groups is 4. The average Bonchev–Trinajstić information content (AvgIpc) is 0.737. The van der Waals surface area contributed by atoms with Crippen molar-refractivity contribution in [1.29, 1.82) is 5.26 Å². The summed E-state index contributed by atoms with van der Waals surface area (Å²) >= 11 is 4.60. The lowest BCUT2D eigenvalue weighted by Crippen LogP contribution is -2.38. The van der Waals surface area contributed by atoms with Gasteiger partial charge in [-0.25, -0.2) is 29.5 Å². The molecule has 0 spiro atoms. The number of aromatic nitrogens is 4. The van der Waals surface area contributed by atoms with Gasteiger partial charge in [-0.2, -0.15) is 5.26 Å². The fourth-order valence-corrected chi connectivity index (χ4v) is 15.7. The van der Waals surface area contributed by atoms with E-state index in [0.29, 0.717) is 46.7 Å². The molecule has 6 aliphatic rings. The molecule has 600 valence electrons. The van der Waals surface area contributed by atoms with E-state index >= 15 is 0 Å². The molecule has 0 bridgehead atoms. The lowest BCUT2D eigenvalue weighted by atomic mass is 9.79. The van der Waals surface area contributed by atoms with Crippen LogP contribution >= 0.6 is 24.0 Å². The molecule has 0 radical (unpaired) electrons. The Labute approximate surface area is 692 Å². The largest absolute Gasteiger partial charge is 0.457 e. The van der Waals surface area contributed by atoms with Crippen LogP contribution in [0.1, 0.15) is 174 Å². The average molecular weight is 1600 g/mol. The molecule has 0 saturated carbocycles. The molecule has 6 aliphatic heterocycles. The number of methoxy groups -OCH3 is 2. The Balaban J connectivity index is 0.000000168. The van der Waals surface area contributed by atoms with Gasteiger partial charge in [0.1, 0.15) is 23.3 Å². The number of nitrogens with one attached hydrogen (secondary N) is 3. The third kappa shape index (κ3) is 23.4. The zero-order valence-electron chi connectivity index (χ0n) is 66.5. The van der Waals surface area contributed by atoms with Gasteiger partial charge in [0, 0.05) is 114 Å². The first-order valence-electron chi connectivity index (χ1n) is 38.9. The van der Waals surface area contributed by atoms with Gasteiger partial charge >= 0.3 is 11.5 Å². The topological polar surface area (TPSA) is 280 Å². The Hall–Kier alpha value is -12.4. The quantitative estimate of drug-likeness (QED) is 0.0694. The van der Waals surface area contributed by atoms with Crippen molar-refractivity contribution in [2.45, 2.75) is 102 Å². The molecule has 6 atom stereocenters. The van der Waals surface area contributed by atoms with E-state index in [1.165, 1.54) is 107 Å². The third-order valence-electron chi connectivity index (χ3n) is 20.6. The number of aliphatic hydroxyl groups excluding tert-OH is 1. The number of benzene rings is 7. The van der Waals surface area contributed by atoms with E-state index in [4.69, 9.17) is 41.5 Å². The Morgan fingerprint density at radius 3 is 1.05 bits per heavy atom. The lowest BCUT2D eigenvalue weighted by Gasteiger charge is -2.42. The molecule has 116 heavy (non-hydrogen) atoms.